The highest BCUT2D eigenvalue weighted by Crippen LogP contribution is 2.16. The average molecular weight is 296 g/mol. The Kier molecular flexibility index (Phi) is 4.21. The Morgan fingerprint density at radius 1 is 0.952 bits per heavy atom. The van der Waals surface area contributed by atoms with Gasteiger partial charge in [0.2, 0.25) is 0 Å². The third-order valence-corrected chi connectivity index (χ3v) is 3.92. The number of nitrogens with one attached hydrogen (secondary N) is 1. The van der Waals surface area contributed by atoms with Crippen molar-refractivity contribution in [1.82, 2.24) is 15.0 Å². The predicted octanol–water partition coefficient (Wildman–Crippen LogP) is 3.60. The summed E-state index contributed by atoms with van der Waals surface area (Å²) in [6, 6.07) is 16.7. The van der Waals surface area contributed by atoms with Crippen LogP contribution in [0.4, 0.5) is 5.69 Å². The van der Waals surface area contributed by atoms with Crippen molar-refractivity contribution in [3.05, 3.63) is 66.5 Å². The van der Waals surface area contributed by atoms with Gasteiger partial charge in [-0.1, -0.05) is 12.1 Å². The second-order valence-electron chi connectivity index (χ2n) is 4.57. The van der Waals surface area contributed by atoms with E-state index in [4.69, 9.17) is 0 Å². The first kappa shape index (κ1) is 13.7. The number of rotatable bonds is 5. The van der Waals surface area contributed by atoms with E-state index in [1.807, 2.05) is 24.3 Å². The van der Waals surface area contributed by atoms with Gasteiger partial charge in [-0.15, -0.1) is 11.8 Å². The summed E-state index contributed by atoms with van der Waals surface area (Å²) >= 11 is 1.76. The molecule has 0 fully saturated rings. The minimum absolute atomic E-state index is 0.814. The Labute approximate surface area is 128 Å². The molecule has 1 heterocycles. The molecule has 2 aromatic carbocycles. The fourth-order valence-electron chi connectivity index (χ4n) is 2.01. The van der Waals surface area contributed by atoms with Crippen molar-refractivity contribution in [2.45, 2.75) is 11.4 Å². The molecule has 0 unspecified atom stereocenters. The van der Waals surface area contributed by atoms with Gasteiger partial charge in [-0.3, -0.25) is 0 Å². The number of hydrogen-bond acceptors (Lipinski definition) is 4. The lowest BCUT2D eigenvalue weighted by Crippen LogP contribution is -2.01. The smallest absolute Gasteiger partial charge is 0.0858 e. The quantitative estimate of drug-likeness (QED) is 0.731. The van der Waals surface area contributed by atoms with Crippen LogP contribution in [0.25, 0.3) is 5.69 Å². The summed E-state index contributed by atoms with van der Waals surface area (Å²) in [5.74, 6) is 0. The number of nitrogens with zero attached hydrogens (tertiary/aromatic N) is 3. The normalized spacial score (nSPS) is 10.5. The fourth-order valence-corrected chi connectivity index (χ4v) is 2.42. The van der Waals surface area contributed by atoms with Crippen LogP contribution < -0.4 is 5.32 Å². The maximum atomic E-state index is 4.11. The molecule has 0 spiro atoms. The van der Waals surface area contributed by atoms with Gasteiger partial charge in [0.25, 0.3) is 0 Å². The van der Waals surface area contributed by atoms with E-state index in [2.05, 4.69) is 46.0 Å². The Morgan fingerprint density at radius 2 is 1.62 bits per heavy atom. The number of thioether (sulfide) groups is 1. The molecule has 0 saturated heterocycles. The zero-order chi connectivity index (χ0) is 14.5. The Hall–Kier alpha value is -2.27. The van der Waals surface area contributed by atoms with Crippen LogP contribution >= 0.6 is 11.8 Å². The summed E-state index contributed by atoms with van der Waals surface area (Å²) in [6.07, 6.45) is 5.43. The number of benzene rings is 2. The van der Waals surface area contributed by atoms with Gasteiger partial charge in [0.15, 0.2) is 0 Å². The lowest BCUT2D eigenvalue weighted by atomic mass is 10.2. The molecule has 3 rings (SSSR count). The molecule has 0 aliphatic carbocycles. The SMILES string of the molecule is CSc1ccc(CNc2ccc(-n3nccn3)cc2)cc1. The first-order chi connectivity index (χ1) is 10.3. The second kappa shape index (κ2) is 6.45. The number of hydrogen-bond donors (Lipinski definition) is 1. The highest BCUT2D eigenvalue weighted by atomic mass is 32.2. The van der Waals surface area contributed by atoms with Gasteiger partial charge in [-0.25, -0.2) is 0 Å². The van der Waals surface area contributed by atoms with Crippen LogP contribution in [-0.2, 0) is 6.54 Å². The third kappa shape index (κ3) is 3.44. The van der Waals surface area contributed by atoms with Gasteiger partial charge in [0, 0.05) is 17.1 Å². The minimum Gasteiger partial charge on any atom is -0.381 e. The maximum Gasteiger partial charge on any atom is 0.0858 e. The molecule has 21 heavy (non-hydrogen) atoms. The second-order valence-corrected chi connectivity index (χ2v) is 5.45. The standard InChI is InChI=1S/C16H16N4S/c1-21-16-8-2-13(3-9-16)12-17-14-4-6-15(7-5-14)20-18-10-11-19-20/h2-11,17H,12H2,1H3. The van der Waals surface area contributed by atoms with E-state index >= 15 is 0 Å². The molecular formula is C16H16N4S. The van der Waals surface area contributed by atoms with E-state index in [1.54, 1.807) is 29.0 Å². The first-order valence-electron chi connectivity index (χ1n) is 6.69. The van der Waals surface area contributed by atoms with E-state index in [1.165, 1.54) is 10.5 Å². The summed E-state index contributed by atoms with van der Waals surface area (Å²) in [7, 11) is 0. The molecule has 0 amide bonds. The van der Waals surface area contributed by atoms with Gasteiger partial charge in [0.05, 0.1) is 18.1 Å². The Morgan fingerprint density at radius 3 is 2.24 bits per heavy atom. The summed E-state index contributed by atoms with van der Waals surface area (Å²) in [6.45, 7) is 0.814. The highest BCUT2D eigenvalue weighted by molar-refractivity contribution is 7.98. The molecule has 0 bridgehead atoms. The molecule has 0 radical (unpaired) electrons. The van der Waals surface area contributed by atoms with E-state index < -0.39 is 0 Å². The number of aromatic nitrogens is 3. The van der Waals surface area contributed by atoms with Crippen molar-refractivity contribution < 1.29 is 0 Å². The molecule has 0 aliphatic rings. The molecule has 3 aromatic rings. The van der Waals surface area contributed by atoms with Gasteiger partial charge in [-0.05, 0) is 48.2 Å². The van der Waals surface area contributed by atoms with E-state index in [0.717, 1.165) is 17.9 Å². The summed E-state index contributed by atoms with van der Waals surface area (Å²) in [5, 5.41) is 11.6. The lowest BCUT2D eigenvalue weighted by molar-refractivity contribution is 0.752. The van der Waals surface area contributed by atoms with Crippen molar-refractivity contribution >= 4 is 17.4 Å². The largest absolute Gasteiger partial charge is 0.381 e. The van der Waals surface area contributed by atoms with Crippen LogP contribution in [0.15, 0.2) is 65.8 Å². The van der Waals surface area contributed by atoms with Crippen molar-refractivity contribution in [2.24, 2.45) is 0 Å². The Balaban J connectivity index is 1.62. The highest BCUT2D eigenvalue weighted by Gasteiger charge is 1.99. The van der Waals surface area contributed by atoms with E-state index in [-0.39, 0.29) is 0 Å². The lowest BCUT2D eigenvalue weighted by Gasteiger charge is -2.08. The van der Waals surface area contributed by atoms with Crippen molar-refractivity contribution in [3.63, 3.8) is 0 Å². The Bertz CT molecular complexity index is 675. The summed E-state index contributed by atoms with van der Waals surface area (Å²) in [5.41, 5.74) is 3.31. The molecule has 0 atom stereocenters. The summed E-state index contributed by atoms with van der Waals surface area (Å²) in [4.78, 5) is 2.89. The fraction of sp³-hybridized carbons (Fsp3) is 0.125. The van der Waals surface area contributed by atoms with Crippen molar-refractivity contribution in [2.75, 3.05) is 11.6 Å². The molecule has 0 saturated carbocycles. The third-order valence-electron chi connectivity index (χ3n) is 3.17. The molecule has 5 heteroatoms. The molecule has 1 N–H and O–H groups in total. The number of anilines is 1. The average Bonchev–Trinajstić information content (AvgIpc) is 3.08. The zero-order valence-electron chi connectivity index (χ0n) is 11.7. The van der Waals surface area contributed by atoms with Crippen LogP contribution in [0.3, 0.4) is 0 Å². The maximum absolute atomic E-state index is 4.11. The van der Waals surface area contributed by atoms with Crippen molar-refractivity contribution in [1.29, 1.82) is 0 Å². The van der Waals surface area contributed by atoms with Crippen molar-refractivity contribution in [3.8, 4) is 5.69 Å². The zero-order valence-corrected chi connectivity index (χ0v) is 12.5. The molecule has 106 valence electrons. The van der Waals surface area contributed by atoms with Gasteiger partial charge in [0.1, 0.15) is 0 Å². The first-order valence-corrected chi connectivity index (χ1v) is 7.91. The molecule has 0 aliphatic heterocycles. The minimum atomic E-state index is 0.814. The van der Waals surface area contributed by atoms with Crippen LogP contribution in [-0.4, -0.2) is 21.2 Å². The van der Waals surface area contributed by atoms with Gasteiger partial charge >= 0.3 is 0 Å². The molecule has 1 aromatic heterocycles. The van der Waals surface area contributed by atoms with Crippen LogP contribution in [0, 0.1) is 0 Å². The van der Waals surface area contributed by atoms with Gasteiger partial charge in [-0.2, -0.15) is 15.0 Å². The molecular weight excluding hydrogens is 280 g/mol. The van der Waals surface area contributed by atoms with E-state index in [0.29, 0.717) is 0 Å². The molecule has 4 nitrogen and oxygen atoms in total. The van der Waals surface area contributed by atoms with Crippen LogP contribution in [0.5, 0.6) is 0 Å². The van der Waals surface area contributed by atoms with Crippen LogP contribution in [0.1, 0.15) is 5.56 Å². The summed E-state index contributed by atoms with van der Waals surface area (Å²) < 4.78 is 0. The van der Waals surface area contributed by atoms with Gasteiger partial charge < -0.3 is 5.32 Å². The monoisotopic (exact) mass is 296 g/mol. The predicted molar refractivity (Wildman–Crippen MR) is 86.9 cm³/mol. The van der Waals surface area contributed by atoms with Crippen LogP contribution in [0.2, 0.25) is 0 Å². The topological polar surface area (TPSA) is 42.7 Å². The van der Waals surface area contributed by atoms with E-state index in [9.17, 15) is 0 Å².